The van der Waals surface area contributed by atoms with Crippen LogP contribution in [-0.4, -0.2) is 40.8 Å². The Morgan fingerprint density at radius 2 is 1.87 bits per heavy atom. The van der Waals surface area contributed by atoms with Crippen LogP contribution >= 0.6 is 0 Å². The van der Waals surface area contributed by atoms with Crippen molar-refractivity contribution in [3.63, 3.8) is 0 Å². The highest BCUT2D eigenvalue weighted by Gasteiger charge is 2.30. The Morgan fingerprint density at radius 1 is 1.10 bits per heavy atom. The molecule has 12 heteroatoms. The SMILES string of the molecule is Cc1ncc(C(=O)Nc2cc(C(F)(F)F)ccn2)cc1-n1cc(-c2cncnc2)nn1. The van der Waals surface area contributed by atoms with Gasteiger partial charge in [0.15, 0.2) is 0 Å². The Hall–Kier alpha value is -4.22. The minimum absolute atomic E-state index is 0.111. The van der Waals surface area contributed by atoms with Gasteiger partial charge in [-0.15, -0.1) is 5.10 Å². The predicted octanol–water partition coefficient (Wildman–Crippen LogP) is 3.09. The van der Waals surface area contributed by atoms with Crippen molar-refractivity contribution in [3.8, 4) is 16.9 Å². The number of aryl methyl sites for hydroxylation is 1. The van der Waals surface area contributed by atoms with E-state index in [2.05, 4.69) is 35.6 Å². The molecular formula is C19H13F3N8O. The normalized spacial score (nSPS) is 11.4. The molecule has 4 aromatic heterocycles. The van der Waals surface area contributed by atoms with Crippen molar-refractivity contribution in [1.82, 2.24) is 34.9 Å². The molecule has 9 nitrogen and oxygen atoms in total. The van der Waals surface area contributed by atoms with Crippen molar-refractivity contribution in [3.05, 3.63) is 72.3 Å². The van der Waals surface area contributed by atoms with Gasteiger partial charge >= 0.3 is 6.18 Å². The molecule has 0 atom stereocenters. The number of hydrogen-bond acceptors (Lipinski definition) is 7. The first-order valence-electron chi connectivity index (χ1n) is 8.80. The molecule has 31 heavy (non-hydrogen) atoms. The Kier molecular flexibility index (Phi) is 5.11. The standard InChI is InChI=1S/C19H13F3N8O/c1-11-16(30-9-15(28-29-30)13-6-23-10-24-7-13)4-12(8-26-11)18(31)27-17-5-14(2-3-25-17)19(20,21)22/h2-10H,1H3,(H,25,27,31). The third-order valence-electron chi connectivity index (χ3n) is 4.25. The van der Waals surface area contributed by atoms with Crippen molar-refractivity contribution >= 4 is 11.7 Å². The maximum Gasteiger partial charge on any atom is 0.416 e. The maximum absolute atomic E-state index is 12.9. The predicted molar refractivity (Wildman–Crippen MR) is 102 cm³/mol. The maximum atomic E-state index is 12.9. The van der Waals surface area contributed by atoms with Gasteiger partial charge in [-0.05, 0) is 25.1 Å². The van der Waals surface area contributed by atoms with Crippen LogP contribution in [0, 0.1) is 6.92 Å². The molecule has 4 heterocycles. The topological polar surface area (TPSA) is 111 Å². The van der Waals surface area contributed by atoms with Crippen LogP contribution in [-0.2, 0) is 6.18 Å². The summed E-state index contributed by atoms with van der Waals surface area (Å²) in [5.74, 6) is -0.897. The summed E-state index contributed by atoms with van der Waals surface area (Å²) >= 11 is 0. The van der Waals surface area contributed by atoms with Gasteiger partial charge in [-0.2, -0.15) is 13.2 Å². The number of hydrogen-bond donors (Lipinski definition) is 1. The zero-order valence-corrected chi connectivity index (χ0v) is 15.9. The van der Waals surface area contributed by atoms with Crippen LogP contribution in [0.5, 0.6) is 0 Å². The second kappa shape index (κ2) is 7.89. The molecule has 0 saturated heterocycles. The lowest BCUT2D eigenvalue weighted by Crippen LogP contribution is -2.15. The highest BCUT2D eigenvalue weighted by Crippen LogP contribution is 2.30. The quantitative estimate of drug-likeness (QED) is 0.534. The molecule has 0 aliphatic carbocycles. The van der Waals surface area contributed by atoms with Crippen molar-refractivity contribution in [2.24, 2.45) is 0 Å². The number of anilines is 1. The van der Waals surface area contributed by atoms with Gasteiger partial charge < -0.3 is 5.32 Å². The first-order valence-corrected chi connectivity index (χ1v) is 8.80. The molecule has 0 aliphatic rings. The summed E-state index contributed by atoms with van der Waals surface area (Å²) in [5.41, 5.74) is 1.40. The second-order valence-corrected chi connectivity index (χ2v) is 6.39. The van der Waals surface area contributed by atoms with Gasteiger partial charge in [-0.3, -0.25) is 9.78 Å². The number of pyridine rings is 2. The van der Waals surface area contributed by atoms with Gasteiger partial charge in [0.05, 0.1) is 28.7 Å². The summed E-state index contributed by atoms with van der Waals surface area (Å²) in [7, 11) is 0. The van der Waals surface area contributed by atoms with Gasteiger partial charge in [-0.25, -0.2) is 19.6 Å². The fourth-order valence-electron chi connectivity index (χ4n) is 2.69. The number of carbonyl (C=O) groups is 1. The van der Waals surface area contributed by atoms with Gasteiger partial charge in [0.1, 0.15) is 17.8 Å². The molecule has 1 amide bonds. The molecule has 0 radical (unpaired) electrons. The zero-order valence-electron chi connectivity index (χ0n) is 15.9. The first kappa shape index (κ1) is 20.1. The Morgan fingerprint density at radius 3 is 2.61 bits per heavy atom. The fraction of sp³-hybridized carbons (Fsp3) is 0.105. The average Bonchev–Trinajstić information content (AvgIpc) is 3.24. The smallest absolute Gasteiger partial charge is 0.307 e. The van der Waals surface area contributed by atoms with E-state index in [9.17, 15) is 18.0 Å². The summed E-state index contributed by atoms with van der Waals surface area (Å²) in [4.78, 5) is 28.4. The van der Waals surface area contributed by atoms with Gasteiger partial charge in [0.25, 0.3) is 5.91 Å². The minimum Gasteiger partial charge on any atom is -0.307 e. The van der Waals surface area contributed by atoms with E-state index in [1.807, 2.05) is 0 Å². The van der Waals surface area contributed by atoms with Crippen molar-refractivity contribution in [2.75, 3.05) is 5.32 Å². The number of amides is 1. The molecule has 0 aliphatic heterocycles. The average molecular weight is 426 g/mol. The van der Waals surface area contributed by atoms with Crippen molar-refractivity contribution < 1.29 is 18.0 Å². The molecule has 4 aromatic rings. The summed E-state index contributed by atoms with van der Waals surface area (Å²) in [6.45, 7) is 1.72. The van der Waals surface area contributed by atoms with E-state index in [0.29, 0.717) is 22.6 Å². The monoisotopic (exact) mass is 426 g/mol. The van der Waals surface area contributed by atoms with Crippen LogP contribution in [0.1, 0.15) is 21.6 Å². The molecule has 0 saturated carbocycles. The van der Waals surface area contributed by atoms with E-state index in [1.165, 1.54) is 23.3 Å². The lowest BCUT2D eigenvalue weighted by atomic mass is 10.2. The third kappa shape index (κ3) is 4.37. The lowest BCUT2D eigenvalue weighted by molar-refractivity contribution is -0.137. The first-order chi connectivity index (χ1) is 14.8. The summed E-state index contributed by atoms with van der Waals surface area (Å²) in [6, 6.07) is 3.08. The zero-order chi connectivity index (χ0) is 22.0. The summed E-state index contributed by atoms with van der Waals surface area (Å²) in [6.07, 6.45) is 3.92. The molecule has 4 rings (SSSR count). The Bertz CT molecular complexity index is 1240. The highest BCUT2D eigenvalue weighted by molar-refractivity contribution is 6.03. The number of aromatic nitrogens is 7. The number of nitrogens with one attached hydrogen (secondary N) is 1. The molecule has 0 aromatic carbocycles. The highest BCUT2D eigenvalue weighted by atomic mass is 19.4. The van der Waals surface area contributed by atoms with E-state index >= 15 is 0 Å². The van der Waals surface area contributed by atoms with E-state index in [0.717, 1.165) is 18.3 Å². The number of halogens is 3. The molecule has 0 bridgehead atoms. The van der Waals surface area contributed by atoms with E-state index < -0.39 is 17.6 Å². The summed E-state index contributed by atoms with van der Waals surface area (Å²) in [5, 5.41) is 10.5. The van der Waals surface area contributed by atoms with Crippen molar-refractivity contribution in [1.29, 1.82) is 0 Å². The number of carbonyl (C=O) groups excluding carboxylic acids is 1. The number of rotatable bonds is 4. The Balaban J connectivity index is 1.60. The van der Waals surface area contributed by atoms with Crippen molar-refractivity contribution in [2.45, 2.75) is 13.1 Å². The van der Waals surface area contributed by atoms with Crippen LogP contribution in [0.2, 0.25) is 0 Å². The van der Waals surface area contributed by atoms with Crippen LogP contribution in [0.15, 0.2) is 55.5 Å². The fourth-order valence-corrected chi connectivity index (χ4v) is 2.69. The molecular weight excluding hydrogens is 413 g/mol. The number of alkyl halides is 3. The van der Waals surface area contributed by atoms with Crippen LogP contribution < -0.4 is 5.32 Å². The molecule has 0 fully saturated rings. The molecule has 156 valence electrons. The van der Waals surface area contributed by atoms with E-state index in [4.69, 9.17) is 0 Å². The van der Waals surface area contributed by atoms with E-state index in [-0.39, 0.29) is 11.4 Å². The molecule has 0 spiro atoms. The van der Waals surface area contributed by atoms with Gasteiger partial charge in [0, 0.05) is 30.4 Å². The molecule has 1 N–H and O–H groups in total. The van der Waals surface area contributed by atoms with Crippen LogP contribution in [0.4, 0.5) is 19.0 Å². The molecule has 0 unspecified atom stereocenters. The lowest BCUT2D eigenvalue weighted by Gasteiger charge is -2.10. The number of nitrogens with zero attached hydrogens (tertiary/aromatic N) is 7. The van der Waals surface area contributed by atoms with E-state index in [1.54, 1.807) is 25.5 Å². The minimum atomic E-state index is -4.55. The van der Waals surface area contributed by atoms with Crippen LogP contribution in [0.3, 0.4) is 0 Å². The Labute approximate surface area is 173 Å². The summed E-state index contributed by atoms with van der Waals surface area (Å²) < 4.78 is 40.0. The van der Waals surface area contributed by atoms with Crippen LogP contribution in [0.25, 0.3) is 16.9 Å². The van der Waals surface area contributed by atoms with Gasteiger partial charge in [-0.1, -0.05) is 5.21 Å². The van der Waals surface area contributed by atoms with Gasteiger partial charge in [0.2, 0.25) is 0 Å². The largest absolute Gasteiger partial charge is 0.416 e. The third-order valence-corrected chi connectivity index (χ3v) is 4.25. The second-order valence-electron chi connectivity index (χ2n) is 6.39.